The molecular formula is C18H23N3O4S. The number of ether oxygens (including phenoxy) is 1. The third-order valence-electron chi connectivity index (χ3n) is 3.84. The van der Waals surface area contributed by atoms with Crippen molar-refractivity contribution in [3.8, 4) is 5.75 Å². The summed E-state index contributed by atoms with van der Waals surface area (Å²) < 4.78 is 28.4. The van der Waals surface area contributed by atoms with Crippen LogP contribution in [0, 0.1) is 5.92 Å². The fraction of sp³-hybridized carbons (Fsp3) is 0.333. The third kappa shape index (κ3) is 5.03. The van der Waals surface area contributed by atoms with E-state index in [9.17, 15) is 13.2 Å². The Kier molecular flexibility index (Phi) is 6.33. The number of rotatable bonds is 7. The van der Waals surface area contributed by atoms with Crippen molar-refractivity contribution in [3.05, 3.63) is 53.9 Å². The van der Waals surface area contributed by atoms with Gasteiger partial charge in [-0.3, -0.25) is 9.78 Å². The molecule has 0 saturated carbocycles. The van der Waals surface area contributed by atoms with E-state index in [2.05, 4.69) is 24.1 Å². The van der Waals surface area contributed by atoms with E-state index >= 15 is 0 Å². The van der Waals surface area contributed by atoms with Crippen molar-refractivity contribution in [2.75, 3.05) is 7.11 Å². The Bertz CT molecular complexity index is 867. The summed E-state index contributed by atoms with van der Waals surface area (Å²) >= 11 is 0. The number of benzene rings is 1. The molecule has 0 spiro atoms. The van der Waals surface area contributed by atoms with Crippen LogP contribution in [0.1, 0.15) is 42.2 Å². The molecule has 3 N–H and O–H groups in total. The normalized spacial score (nSPS) is 12.7. The lowest BCUT2D eigenvalue weighted by atomic mass is 9.97. The summed E-state index contributed by atoms with van der Waals surface area (Å²) in [6.45, 7) is 4.11. The largest absolute Gasteiger partial charge is 0.496 e. The summed E-state index contributed by atoms with van der Waals surface area (Å²) in [6.07, 6.45) is 4.07. The minimum atomic E-state index is -3.93. The van der Waals surface area contributed by atoms with Gasteiger partial charge in [-0.05, 0) is 42.2 Å². The van der Waals surface area contributed by atoms with Crippen molar-refractivity contribution in [2.45, 2.75) is 31.2 Å². The zero-order valence-corrected chi connectivity index (χ0v) is 15.8. The second kappa shape index (κ2) is 8.29. The number of primary sulfonamides is 1. The number of carbonyl (C=O) groups is 1. The number of carbonyl (C=O) groups excluding carboxylic acids is 1. The number of methoxy groups -OCH3 is 1. The summed E-state index contributed by atoms with van der Waals surface area (Å²) in [6, 6.07) is 7.36. The quantitative estimate of drug-likeness (QED) is 0.769. The number of amides is 1. The fourth-order valence-corrected chi connectivity index (χ4v) is 3.15. The zero-order valence-electron chi connectivity index (χ0n) is 15.0. The highest BCUT2D eigenvalue weighted by Crippen LogP contribution is 2.25. The number of nitrogens with one attached hydrogen (secondary N) is 1. The van der Waals surface area contributed by atoms with Gasteiger partial charge in [0.2, 0.25) is 10.0 Å². The average molecular weight is 377 g/mol. The Morgan fingerprint density at radius 2 is 2.04 bits per heavy atom. The topological polar surface area (TPSA) is 111 Å². The van der Waals surface area contributed by atoms with Gasteiger partial charge in [0.15, 0.2) is 0 Å². The zero-order chi connectivity index (χ0) is 19.3. The minimum absolute atomic E-state index is 0.108. The van der Waals surface area contributed by atoms with E-state index in [1.54, 1.807) is 18.5 Å². The lowest BCUT2D eigenvalue weighted by Crippen LogP contribution is -2.30. The number of sulfonamides is 1. The summed E-state index contributed by atoms with van der Waals surface area (Å²) in [5.41, 5.74) is 0.979. The predicted molar refractivity (Wildman–Crippen MR) is 98.3 cm³/mol. The summed E-state index contributed by atoms with van der Waals surface area (Å²) in [5.74, 6) is 0.157. The molecule has 26 heavy (non-hydrogen) atoms. The maximum atomic E-state index is 12.8. The van der Waals surface area contributed by atoms with E-state index in [0.29, 0.717) is 12.3 Å². The van der Waals surface area contributed by atoms with E-state index < -0.39 is 15.9 Å². The van der Waals surface area contributed by atoms with Gasteiger partial charge in [0.05, 0.1) is 23.6 Å². The van der Waals surface area contributed by atoms with Gasteiger partial charge < -0.3 is 10.1 Å². The van der Waals surface area contributed by atoms with Gasteiger partial charge in [0, 0.05) is 12.4 Å². The number of hydrogen-bond acceptors (Lipinski definition) is 5. The number of pyridine rings is 1. The molecule has 2 rings (SSSR count). The maximum Gasteiger partial charge on any atom is 0.255 e. The molecule has 1 aromatic carbocycles. The molecule has 0 saturated heterocycles. The fourth-order valence-electron chi connectivity index (χ4n) is 2.61. The van der Waals surface area contributed by atoms with Crippen LogP contribution in [-0.2, 0) is 10.0 Å². The van der Waals surface area contributed by atoms with E-state index in [-0.39, 0.29) is 22.3 Å². The van der Waals surface area contributed by atoms with Crippen molar-refractivity contribution in [3.63, 3.8) is 0 Å². The lowest BCUT2D eigenvalue weighted by Gasteiger charge is -2.21. The second-order valence-electron chi connectivity index (χ2n) is 6.35. The average Bonchev–Trinajstić information content (AvgIpc) is 2.60. The first-order chi connectivity index (χ1) is 12.2. The SMILES string of the molecule is COc1ccc(S(N)(=O)=O)cc1C(=O)N[C@@H](CC(C)C)c1cccnc1. The molecule has 0 bridgehead atoms. The minimum Gasteiger partial charge on any atom is -0.496 e. The second-order valence-corrected chi connectivity index (χ2v) is 7.91. The van der Waals surface area contributed by atoms with E-state index in [4.69, 9.17) is 9.88 Å². The van der Waals surface area contributed by atoms with Crippen LogP contribution in [0.3, 0.4) is 0 Å². The molecule has 1 aromatic heterocycles. The number of aromatic nitrogens is 1. The molecule has 0 radical (unpaired) electrons. The number of nitrogens with two attached hydrogens (primary N) is 1. The van der Waals surface area contributed by atoms with Crippen LogP contribution in [0.5, 0.6) is 5.75 Å². The predicted octanol–water partition coefficient (Wildman–Crippen LogP) is 2.25. The summed E-state index contributed by atoms with van der Waals surface area (Å²) in [7, 11) is -2.52. The molecule has 1 heterocycles. The molecule has 0 unspecified atom stereocenters. The van der Waals surface area contributed by atoms with Crippen LogP contribution in [0.15, 0.2) is 47.6 Å². The van der Waals surface area contributed by atoms with Gasteiger partial charge in [0.25, 0.3) is 5.91 Å². The lowest BCUT2D eigenvalue weighted by molar-refractivity contribution is 0.0928. The van der Waals surface area contributed by atoms with Gasteiger partial charge in [-0.15, -0.1) is 0 Å². The third-order valence-corrected chi connectivity index (χ3v) is 4.75. The van der Waals surface area contributed by atoms with Gasteiger partial charge >= 0.3 is 0 Å². The Morgan fingerprint density at radius 1 is 1.31 bits per heavy atom. The number of nitrogens with zero attached hydrogens (tertiary/aromatic N) is 1. The Morgan fingerprint density at radius 3 is 2.58 bits per heavy atom. The Balaban J connectivity index is 2.37. The van der Waals surface area contributed by atoms with Crippen molar-refractivity contribution >= 4 is 15.9 Å². The maximum absolute atomic E-state index is 12.8. The van der Waals surface area contributed by atoms with E-state index in [0.717, 1.165) is 5.56 Å². The van der Waals surface area contributed by atoms with Crippen molar-refractivity contribution in [1.29, 1.82) is 0 Å². The highest BCUT2D eigenvalue weighted by atomic mass is 32.2. The molecule has 0 aliphatic carbocycles. The molecule has 0 aliphatic rings. The smallest absolute Gasteiger partial charge is 0.255 e. The monoisotopic (exact) mass is 377 g/mol. The van der Waals surface area contributed by atoms with Gasteiger partial charge in [-0.25, -0.2) is 13.6 Å². The molecule has 1 atom stereocenters. The Labute approximate surface area is 153 Å². The first-order valence-corrected chi connectivity index (χ1v) is 9.68. The molecular weight excluding hydrogens is 354 g/mol. The summed E-state index contributed by atoms with van der Waals surface area (Å²) in [4.78, 5) is 16.8. The first-order valence-electron chi connectivity index (χ1n) is 8.14. The van der Waals surface area contributed by atoms with Gasteiger partial charge in [-0.1, -0.05) is 19.9 Å². The first kappa shape index (κ1) is 19.9. The van der Waals surface area contributed by atoms with Crippen molar-refractivity contribution in [2.24, 2.45) is 11.1 Å². The van der Waals surface area contributed by atoms with Gasteiger partial charge in [0.1, 0.15) is 5.75 Å². The molecule has 0 fully saturated rings. The Hall–Kier alpha value is -2.45. The molecule has 7 nitrogen and oxygen atoms in total. The highest BCUT2D eigenvalue weighted by Gasteiger charge is 2.21. The van der Waals surface area contributed by atoms with Crippen LogP contribution in [0.2, 0.25) is 0 Å². The van der Waals surface area contributed by atoms with Crippen molar-refractivity contribution in [1.82, 2.24) is 10.3 Å². The van der Waals surface area contributed by atoms with E-state index in [1.807, 2.05) is 6.07 Å². The molecule has 2 aromatic rings. The molecule has 140 valence electrons. The molecule has 1 amide bonds. The van der Waals surface area contributed by atoms with E-state index in [1.165, 1.54) is 25.3 Å². The molecule has 8 heteroatoms. The summed E-state index contributed by atoms with van der Waals surface area (Å²) in [5, 5.41) is 8.11. The van der Waals surface area contributed by atoms with Crippen LogP contribution < -0.4 is 15.2 Å². The number of hydrogen-bond donors (Lipinski definition) is 2. The highest BCUT2D eigenvalue weighted by molar-refractivity contribution is 7.89. The van der Waals surface area contributed by atoms with Crippen LogP contribution in [0.4, 0.5) is 0 Å². The van der Waals surface area contributed by atoms with Crippen molar-refractivity contribution < 1.29 is 17.9 Å². The van der Waals surface area contributed by atoms with Crippen LogP contribution in [0.25, 0.3) is 0 Å². The van der Waals surface area contributed by atoms with Crippen LogP contribution >= 0.6 is 0 Å². The van der Waals surface area contributed by atoms with Gasteiger partial charge in [-0.2, -0.15) is 0 Å². The van der Waals surface area contributed by atoms with Crippen LogP contribution in [-0.4, -0.2) is 26.4 Å². The molecule has 0 aliphatic heterocycles. The standard InChI is InChI=1S/C18H23N3O4S/c1-12(2)9-16(13-5-4-8-20-11-13)21-18(22)15-10-14(26(19,23)24)6-7-17(15)25-3/h4-8,10-12,16H,9H2,1-3H3,(H,21,22)(H2,19,23,24)/t16-/m0/s1.